The molecular formula is C23H26N4O3S. The summed E-state index contributed by atoms with van der Waals surface area (Å²) in [6, 6.07) is 18.7. The van der Waals surface area contributed by atoms with Gasteiger partial charge in [-0.25, -0.2) is 13.1 Å². The third-order valence-electron chi connectivity index (χ3n) is 5.09. The molecule has 1 N–H and O–H groups in total. The van der Waals surface area contributed by atoms with E-state index in [1.807, 2.05) is 42.5 Å². The molecule has 2 aromatic rings. The lowest BCUT2D eigenvalue weighted by Gasteiger charge is -2.23. The number of nitrogens with one attached hydrogen (secondary N) is 1. The van der Waals surface area contributed by atoms with Crippen LogP contribution in [0.2, 0.25) is 0 Å². The van der Waals surface area contributed by atoms with E-state index in [1.165, 1.54) is 6.08 Å². The van der Waals surface area contributed by atoms with Crippen LogP contribution < -0.4 is 9.62 Å². The number of sulfonamides is 1. The van der Waals surface area contributed by atoms with Gasteiger partial charge in [0.15, 0.2) is 0 Å². The number of nitrogens with zero attached hydrogens (tertiary/aromatic N) is 3. The van der Waals surface area contributed by atoms with E-state index in [1.54, 1.807) is 17.0 Å². The fourth-order valence-corrected chi connectivity index (χ4v) is 4.23. The van der Waals surface area contributed by atoms with Gasteiger partial charge < -0.3 is 9.80 Å². The predicted octanol–water partition coefficient (Wildman–Crippen LogP) is 2.58. The Bertz CT molecular complexity index is 1040. The second-order valence-electron chi connectivity index (χ2n) is 7.28. The highest BCUT2D eigenvalue weighted by molar-refractivity contribution is 7.92. The van der Waals surface area contributed by atoms with E-state index < -0.39 is 10.0 Å². The van der Waals surface area contributed by atoms with Crippen LogP contribution >= 0.6 is 0 Å². The van der Waals surface area contributed by atoms with Gasteiger partial charge in [0.1, 0.15) is 0 Å². The average Bonchev–Trinajstić information content (AvgIpc) is 3.05. The largest absolute Gasteiger partial charge is 0.370 e. The van der Waals surface area contributed by atoms with Crippen molar-refractivity contribution in [3.8, 4) is 6.07 Å². The lowest BCUT2D eigenvalue weighted by molar-refractivity contribution is -0.130. The number of benzene rings is 2. The smallest absolute Gasteiger partial charge is 0.233 e. The van der Waals surface area contributed by atoms with E-state index >= 15 is 0 Å². The summed E-state index contributed by atoms with van der Waals surface area (Å²) in [5.41, 5.74) is 2.45. The Morgan fingerprint density at radius 2 is 1.77 bits per heavy atom. The van der Waals surface area contributed by atoms with Crippen LogP contribution in [0.15, 0.2) is 60.0 Å². The SMILES string of the molecule is N#Cc1ccc(N2CCCN(C(=O)CCNS(=O)(=O)/C=C/c3ccccc3)CC2)cc1. The number of hydrogen-bond acceptors (Lipinski definition) is 5. The molecule has 0 aromatic heterocycles. The molecule has 31 heavy (non-hydrogen) atoms. The Kier molecular flexibility index (Phi) is 7.82. The first kappa shape index (κ1) is 22.5. The second-order valence-corrected chi connectivity index (χ2v) is 8.93. The fraction of sp³-hybridized carbons (Fsp3) is 0.304. The number of carbonyl (C=O) groups excluding carboxylic acids is 1. The molecule has 162 valence electrons. The first-order valence-corrected chi connectivity index (χ1v) is 11.8. The van der Waals surface area contributed by atoms with Gasteiger partial charge >= 0.3 is 0 Å². The summed E-state index contributed by atoms with van der Waals surface area (Å²) in [5.74, 6) is -0.0589. The summed E-state index contributed by atoms with van der Waals surface area (Å²) in [5, 5.41) is 10.0. The van der Waals surface area contributed by atoms with Gasteiger partial charge in [0.05, 0.1) is 11.6 Å². The van der Waals surface area contributed by atoms with Crippen molar-refractivity contribution in [1.82, 2.24) is 9.62 Å². The van der Waals surface area contributed by atoms with Crippen LogP contribution in [-0.2, 0) is 14.8 Å². The number of carbonyl (C=O) groups is 1. The van der Waals surface area contributed by atoms with E-state index in [9.17, 15) is 13.2 Å². The molecule has 0 spiro atoms. The number of amides is 1. The van der Waals surface area contributed by atoms with Crippen LogP contribution in [0.25, 0.3) is 6.08 Å². The van der Waals surface area contributed by atoms with Gasteiger partial charge in [-0.2, -0.15) is 5.26 Å². The zero-order valence-corrected chi connectivity index (χ0v) is 18.1. The molecule has 3 rings (SSSR count). The zero-order chi connectivity index (χ0) is 22.1. The standard InChI is InChI=1S/C23H26N4O3S/c24-19-21-7-9-22(10-8-21)26-14-4-15-27(17-16-26)23(28)11-13-25-31(29,30)18-12-20-5-2-1-3-6-20/h1-3,5-10,12,18,25H,4,11,13-17H2/b18-12+. The highest BCUT2D eigenvalue weighted by atomic mass is 32.2. The topological polar surface area (TPSA) is 93.5 Å². The van der Waals surface area contributed by atoms with Crippen molar-refractivity contribution in [3.05, 3.63) is 71.1 Å². The molecular weight excluding hydrogens is 412 g/mol. The van der Waals surface area contributed by atoms with Gasteiger partial charge in [-0.05, 0) is 42.3 Å². The minimum Gasteiger partial charge on any atom is -0.370 e. The summed E-state index contributed by atoms with van der Waals surface area (Å²) >= 11 is 0. The van der Waals surface area contributed by atoms with Gasteiger partial charge in [-0.15, -0.1) is 0 Å². The molecule has 0 bridgehead atoms. The zero-order valence-electron chi connectivity index (χ0n) is 17.3. The Morgan fingerprint density at radius 1 is 1.03 bits per heavy atom. The van der Waals surface area contributed by atoms with Crippen LogP contribution in [0.5, 0.6) is 0 Å². The second kappa shape index (κ2) is 10.8. The molecule has 1 aliphatic heterocycles. The molecule has 0 atom stereocenters. The van der Waals surface area contributed by atoms with E-state index in [-0.39, 0.29) is 18.9 Å². The highest BCUT2D eigenvalue weighted by Gasteiger charge is 2.19. The fourth-order valence-electron chi connectivity index (χ4n) is 3.41. The number of hydrogen-bond donors (Lipinski definition) is 1. The van der Waals surface area contributed by atoms with Crippen molar-refractivity contribution < 1.29 is 13.2 Å². The number of rotatable bonds is 7. The normalized spacial score (nSPS) is 14.9. The van der Waals surface area contributed by atoms with Gasteiger partial charge in [0.25, 0.3) is 0 Å². The summed E-state index contributed by atoms with van der Waals surface area (Å²) in [7, 11) is -3.60. The van der Waals surface area contributed by atoms with E-state index in [2.05, 4.69) is 15.7 Å². The summed E-state index contributed by atoms with van der Waals surface area (Å²) in [4.78, 5) is 16.6. The van der Waals surface area contributed by atoms with Crippen molar-refractivity contribution in [2.45, 2.75) is 12.8 Å². The first-order chi connectivity index (χ1) is 15.0. The molecule has 8 heteroatoms. The predicted molar refractivity (Wildman–Crippen MR) is 122 cm³/mol. The van der Waals surface area contributed by atoms with Crippen molar-refractivity contribution in [2.24, 2.45) is 0 Å². The molecule has 1 amide bonds. The molecule has 1 heterocycles. The maximum atomic E-state index is 12.6. The van der Waals surface area contributed by atoms with E-state index in [0.29, 0.717) is 25.2 Å². The maximum Gasteiger partial charge on any atom is 0.233 e. The third kappa shape index (κ3) is 6.95. The first-order valence-electron chi connectivity index (χ1n) is 10.2. The summed E-state index contributed by atoms with van der Waals surface area (Å²) in [6.45, 7) is 2.82. The summed E-state index contributed by atoms with van der Waals surface area (Å²) in [6.07, 6.45) is 2.48. The Morgan fingerprint density at radius 3 is 2.48 bits per heavy atom. The maximum absolute atomic E-state index is 12.6. The molecule has 2 aromatic carbocycles. The van der Waals surface area contributed by atoms with Crippen molar-refractivity contribution in [1.29, 1.82) is 5.26 Å². The van der Waals surface area contributed by atoms with Crippen LogP contribution in [0, 0.1) is 11.3 Å². The third-order valence-corrected chi connectivity index (χ3v) is 6.19. The number of nitriles is 1. The van der Waals surface area contributed by atoms with Gasteiger partial charge in [-0.1, -0.05) is 30.3 Å². The van der Waals surface area contributed by atoms with E-state index in [4.69, 9.17) is 5.26 Å². The minimum atomic E-state index is -3.60. The Hall–Kier alpha value is -3.15. The average molecular weight is 439 g/mol. The van der Waals surface area contributed by atoms with Gasteiger partial charge in [0.2, 0.25) is 15.9 Å². The Labute approximate surface area is 183 Å². The quantitative estimate of drug-likeness (QED) is 0.717. The van der Waals surface area contributed by atoms with E-state index in [0.717, 1.165) is 29.6 Å². The summed E-state index contributed by atoms with van der Waals surface area (Å²) < 4.78 is 26.7. The molecule has 0 saturated carbocycles. The number of anilines is 1. The molecule has 0 radical (unpaired) electrons. The van der Waals surface area contributed by atoms with Crippen LogP contribution in [0.4, 0.5) is 5.69 Å². The molecule has 7 nitrogen and oxygen atoms in total. The molecule has 1 saturated heterocycles. The van der Waals surface area contributed by atoms with Crippen molar-refractivity contribution >= 4 is 27.7 Å². The minimum absolute atomic E-state index is 0.0589. The van der Waals surface area contributed by atoms with Gasteiger partial charge in [0, 0.05) is 50.2 Å². The monoisotopic (exact) mass is 438 g/mol. The molecule has 1 aliphatic rings. The van der Waals surface area contributed by atoms with Crippen molar-refractivity contribution in [3.63, 3.8) is 0 Å². The highest BCUT2D eigenvalue weighted by Crippen LogP contribution is 2.17. The van der Waals surface area contributed by atoms with Gasteiger partial charge in [-0.3, -0.25) is 4.79 Å². The lowest BCUT2D eigenvalue weighted by atomic mass is 10.2. The Balaban J connectivity index is 1.46. The van der Waals surface area contributed by atoms with Crippen LogP contribution in [0.1, 0.15) is 24.0 Å². The van der Waals surface area contributed by atoms with Crippen LogP contribution in [-0.4, -0.2) is 51.9 Å². The molecule has 1 fully saturated rings. The van der Waals surface area contributed by atoms with Crippen LogP contribution in [0.3, 0.4) is 0 Å². The molecule has 0 unspecified atom stereocenters. The molecule has 0 aliphatic carbocycles. The lowest BCUT2D eigenvalue weighted by Crippen LogP contribution is -2.37. The van der Waals surface area contributed by atoms with Crippen molar-refractivity contribution in [2.75, 3.05) is 37.6 Å².